The van der Waals surface area contributed by atoms with Crippen LogP contribution in [0.2, 0.25) is 0 Å². The smallest absolute Gasteiger partial charge is 0.207 e. The minimum Gasteiger partial charge on any atom is -0.491 e. The Kier molecular flexibility index (Phi) is 4.66. The lowest BCUT2D eigenvalue weighted by Gasteiger charge is -2.11. The van der Waals surface area contributed by atoms with Crippen molar-refractivity contribution in [1.82, 2.24) is 9.55 Å². The predicted octanol–water partition coefficient (Wildman–Crippen LogP) is 4.13. The molecule has 0 unspecified atom stereocenters. The summed E-state index contributed by atoms with van der Waals surface area (Å²) >= 11 is 0. The van der Waals surface area contributed by atoms with Gasteiger partial charge >= 0.3 is 0 Å². The average molecular weight is 273 g/mol. The van der Waals surface area contributed by atoms with Crippen molar-refractivity contribution >= 4 is 11.6 Å². The first kappa shape index (κ1) is 14.4. The van der Waals surface area contributed by atoms with Crippen molar-refractivity contribution in [2.75, 3.05) is 5.32 Å². The van der Waals surface area contributed by atoms with Crippen LogP contribution in [0.15, 0.2) is 30.5 Å². The molecule has 0 fully saturated rings. The lowest BCUT2D eigenvalue weighted by Crippen LogP contribution is -2.05. The van der Waals surface area contributed by atoms with Crippen molar-refractivity contribution in [2.24, 2.45) is 0 Å². The van der Waals surface area contributed by atoms with E-state index >= 15 is 0 Å². The largest absolute Gasteiger partial charge is 0.491 e. The Balaban J connectivity index is 2.09. The number of aromatic nitrogens is 2. The maximum Gasteiger partial charge on any atom is 0.207 e. The van der Waals surface area contributed by atoms with Crippen LogP contribution in [0.25, 0.3) is 0 Å². The second-order valence-corrected chi connectivity index (χ2v) is 5.22. The highest BCUT2D eigenvalue weighted by Crippen LogP contribution is 2.20. The van der Waals surface area contributed by atoms with E-state index in [-0.39, 0.29) is 6.10 Å². The second kappa shape index (κ2) is 6.46. The van der Waals surface area contributed by atoms with Crippen molar-refractivity contribution in [1.29, 1.82) is 0 Å². The zero-order chi connectivity index (χ0) is 14.5. The van der Waals surface area contributed by atoms with E-state index in [1.807, 2.05) is 45.0 Å². The van der Waals surface area contributed by atoms with E-state index in [0.717, 1.165) is 36.0 Å². The van der Waals surface area contributed by atoms with Gasteiger partial charge in [-0.25, -0.2) is 4.98 Å². The minimum absolute atomic E-state index is 0.194. The van der Waals surface area contributed by atoms with Crippen molar-refractivity contribution in [3.05, 3.63) is 36.2 Å². The Morgan fingerprint density at radius 1 is 1.25 bits per heavy atom. The molecule has 0 amide bonds. The molecule has 0 aliphatic carbocycles. The molecule has 0 aliphatic heterocycles. The highest BCUT2D eigenvalue weighted by Gasteiger charge is 2.05. The third kappa shape index (κ3) is 3.76. The van der Waals surface area contributed by atoms with E-state index in [1.165, 1.54) is 0 Å². The van der Waals surface area contributed by atoms with Crippen LogP contribution < -0.4 is 10.1 Å². The molecule has 0 saturated heterocycles. The van der Waals surface area contributed by atoms with Gasteiger partial charge in [0.05, 0.1) is 11.8 Å². The molecular weight excluding hydrogens is 250 g/mol. The summed E-state index contributed by atoms with van der Waals surface area (Å²) in [7, 11) is 0. The van der Waals surface area contributed by atoms with Crippen LogP contribution in [-0.2, 0) is 6.54 Å². The minimum atomic E-state index is 0.194. The van der Waals surface area contributed by atoms with Gasteiger partial charge in [0.2, 0.25) is 5.95 Å². The SMILES string of the molecule is CCCn1cc(C)nc1Nc1ccc(OC(C)C)cc1. The molecule has 4 heteroatoms. The molecule has 1 aromatic heterocycles. The van der Waals surface area contributed by atoms with Crippen LogP contribution in [0.1, 0.15) is 32.9 Å². The third-order valence-electron chi connectivity index (χ3n) is 2.84. The molecule has 1 aromatic carbocycles. The number of rotatable bonds is 6. The Hall–Kier alpha value is -1.97. The summed E-state index contributed by atoms with van der Waals surface area (Å²) in [6, 6.07) is 7.97. The molecule has 108 valence electrons. The average Bonchev–Trinajstić information content (AvgIpc) is 2.72. The van der Waals surface area contributed by atoms with Crippen molar-refractivity contribution < 1.29 is 4.74 Å². The summed E-state index contributed by atoms with van der Waals surface area (Å²) in [5.41, 5.74) is 2.05. The molecule has 0 bridgehead atoms. The molecule has 2 aromatic rings. The second-order valence-electron chi connectivity index (χ2n) is 5.22. The van der Waals surface area contributed by atoms with Crippen LogP contribution in [0, 0.1) is 6.92 Å². The first-order valence-electron chi connectivity index (χ1n) is 7.16. The maximum absolute atomic E-state index is 5.64. The molecule has 1 heterocycles. The van der Waals surface area contributed by atoms with E-state index in [0.29, 0.717) is 0 Å². The van der Waals surface area contributed by atoms with Crippen LogP contribution in [0.3, 0.4) is 0 Å². The lowest BCUT2D eigenvalue weighted by molar-refractivity contribution is 0.242. The van der Waals surface area contributed by atoms with Gasteiger partial charge < -0.3 is 14.6 Å². The molecular formula is C16H23N3O. The summed E-state index contributed by atoms with van der Waals surface area (Å²) in [5, 5.41) is 3.35. The standard InChI is InChI=1S/C16H23N3O/c1-5-10-19-11-13(4)17-16(19)18-14-6-8-15(9-7-14)20-12(2)3/h6-9,11-12H,5,10H2,1-4H3,(H,17,18). The van der Waals surface area contributed by atoms with Crippen LogP contribution in [0.4, 0.5) is 11.6 Å². The quantitative estimate of drug-likeness (QED) is 0.860. The van der Waals surface area contributed by atoms with Gasteiger partial charge in [-0.2, -0.15) is 0 Å². The van der Waals surface area contributed by atoms with E-state index in [1.54, 1.807) is 0 Å². The monoisotopic (exact) mass is 273 g/mol. The first-order chi connectivity index (χ1) is 9.58. The fourth-order valence-electron chi connectivity index (χ4n) is 2.08. The van der Waals surface area contributed by atoms with Crippen LogP contribution in [0.5, 0.6) is 5.75 Å². The molecule has 0 spiro atoms. The molecule has 2 rings (SSSR count). The Morgan fingerprint density at radius 2 is 1.95 bits per heavy atom. The molecule has 0 radical (unpaired) electrons. The van der Waals surface area contributed by atoms with Crippen LogP contribution in [-0.4, -0.2) is 15.7 Å². The Morgan fingerprint density at radius 3 is 2.55 bits per heavy atom. The number of hydrogen-bond donors (Lipinski definition) is 1. The van der Waals surface area contributed by atoms with Crippen molar-refractivity contribution in [2.45, 2.75) is 46.8 Å². The summed E-state index contributed by atoms with van der Waals surface area (Å²) in [4.78, 5) is 4.52. The third-order valence-corrected chi connectivity index (χ3v) is 2.84. The molecule has 0 saturated carbocycles. The fourth-order valence-corrected chi connectivity index (χ4v) is 2.08. The Bertz CT molecular complexity index is 543. The topological polar surface area (TPSA) is 39.1 Å². The number of aryl methyl sites for hydroxylation is 2. The molecule has 0 aliphatic rings. The van der Waals surface area contributed by atoms with Gasteiger partial charge in [-0.1, -0.05) is 6.92 Å². The number of imidazole rings is 1. The molecule has 20 heavy (non-hydrogen) atoms. The van der Waals surface area contributed by atoms with Gasteiger partial charge in [0.1, 0.15) is 5.75 Å². The summed E-state index contributed by atoms with van der Waals surface area (Å²) in [6.07, 6.45) is 3.35. The van der Waals surface area contributed by atoms with Gasteiger partial charge in [-0.15, -0.1) is 0 Å². The van der Waals surface area contributed by atoms with Crippen LogP contribution >= 0.6 is 0 Å². The van der Waals surface area contributed by atoms with Gasteiger partial charge in [-0.3, -0.25) is 0 Å². The van der Waals surface area contributed by atoms with E-state index in [4.69, 9.17) is 4.74 Å². The maximum atomic E-state index is 5.64. The van der Waals surface area contributed by atoms with Gasteiger partial charge in [0.15, 0.2) is 0 Å². The number of ether oxygens (including phenoxy) is 1. The molecule has 4 nitrogen and oxygen atoms in total. The van der Waals surface area contributed by atoms with E-state index in [2.05, 4.69) is 28.0 Å². The number of hydrogen-bond acceptors (Lipinski definition) is 3. The fraction of sp³-hybridized carbons (Fsp3) is 0.438. The zero-order valence-corrected chi connectivity index (χ0v) is 12.7. The van der Waals surface area contributed by atoms with Gasteiger partial charge in [0.25, 0.3) is 0 Å². The number of benzene rings is 1. The highest BCUT2D eigenvalue weighted by molar-refractivity contribution is 5.55. The molecule has 0 atom stereocenters. The summed E-state index contributed by atoms with van der Waals surface area (Å²) in [5.74, 6) is 1.78. The number of nitrogens with zero attached hydrogens (tertiary/aromatic N) is 2. The van der Waals surface area contributed by atoms with Crippen molar-refractivity contribution in [3.63, 3.8) is 0 Å². The Labute approximate surface area is 120 Å². The van der Waals surface area contributed by atoms with E-state index < -0.39 is 0 Å². The lowest BCUT2D eigenvalue weighted by atomic mass is 10.3. The number of nitrogens with one attached hydrogen (secondary N) is 1. The summed E-state index contributed by atoms with van der Waals surface area (Å²) in [6.45, 7) is 9.19. The number of anilines is 2. The highest BCUT2D eigenvalue weighted by atomic mass is 16.5. The molecule has 1 N–H and O–H groups in total. The summed E-state index contributed by atoms with van der Waals surface area (Å²) < 4.78 is 7.78. The predicted molar refractivity (Wildman–Crippen MR) is 82.7 cm³/mol. The van der Waals surface area contributed by atoms with Gasteiger partial charge in [0, 0.05) is 18.4 Å². The van der Waals surface area contributed by atoms with Gasteiger partial charge in [-0.05, 0) is 51.5 Å². The van der Waals surface area contributed by atoms with E-state index in [9.17, 15) is 0 Å². The first-order valence-corrected chi connectivity index (χ1v) is 7.16. The zero-order valence-electron chi connectivity index (χ0n) is 12.7. The normalized spacial score (nSPS) is 10.8. The van der Waals surface area contributed by atoms with Crippen molar-refractivity contribution in [3.8, 4) is 5.75 Å².